The quantitative estimate of drug-likeness (QED) is 0.404. The van der Waals surface area contributed by atoms with Gasteiger partial charge in [-0.1, -0.05) is 0 Å². The lowest BCUT2D eigenvalue weighted by molar-refractivity contribution is -0.0361. The smallest absolute Gasteiger partial charge is 0.256 e. The topological polar surface area (TPSA) is 116 Å². The van der Waals surface area contributed by atoms with Gasteiger partial charge in [0.05, 0.1) is 5.69 Å². The summed E-state index contributed by atoms with van der Waals surface area (Å²) in [5, 5.41) is 11.3. The average Bonchev–Trinajstić information content (AvgIpc) is 3.05. The summed E-state index contributed by atoms with van der Waals surface area (Å²) in [7, 11) is 1.60. The van der Waals surface area contributed by atoms with Crippen molar-refractivity contribution in [2.45, 2.75) is 51.5 Å². The van der Waals surface area contributed by atoms with Crippen molar-refractivity contribution in [2.24, 2.45) is 15.9 Å². The molecule has 0 aliphatic heterocycles. The zero-order valence-electron chi connectivity index (χ0n) is 17.3. The van der Waals surface area contributed by atoms with Crippen LogP contribution in [-0.4, -0.2) is 57.3 Å². The number of hydrazone groups is 1. The molecule has 30 heavy (non-hydrogen) atoms. The van der Waals surface area contributed by atoms with E-state index in [0.29, 0.717) is 30.3 Å². The number of nitrogens with zero attached hydrogens (tertiary/aromatic N) is 6. The third kappa shape index (κ3) is 5.49. The van der Waals surface area contributed by atoms with Crippen LogP contribution in [0.15, 0.2) is 22.2 Å². The first kappa shape index (κ1) is 21.6. The van der Waals surface area contributed by atoms with Crippen molar-refractivity contribution in [1.29, 1.82) is 0 Å². The van der Waals surface area contributed by atoms with Crippen LogP contribution >= 0.6 is 0 Å². The van der Waals surface area contributed by atoms with Crippen LogP contribution in [0.2, 0.25) is 0 Å². The number of hydrogen-bond acceptors (Lipinski definition) is 8. The van der Waals surface area contributed by atoms with E-state index in [9.17, 15) is 8.78 Å². The zero-order chi connectivity index (χ0) is 21.7. The Hall–Kier alpha value is -3.11. The normalized spacial score (nSPS) is 17.4. The number of aromatic nitrogens is 4. The van der Waals surface area contributed by atoms with Crippen LogP contribution in [-0.2, 0) is 0 Å². The SMILES string of the molecule is CN=CC(COc1cc(NC2CCC(F)(F)CC2)nc(-n2nc(C)cc2C)n1)=NN. The predicted molar refractivity (Wildman–Crippen MR) is 111 cm³/mol. The lowest BCUT2D eigenvalue weighted by Gasteiger charge is -2.29. The Morgan fingerprint density at radius 3 is 2.67 bits per heavy atom. The molecule has 11 heteroatoms. The Kier molecular flexibility index (Phi) is 6.58. The maximum Gasteiger partial charge on any atom is 0.256 e. The predicted octanol–water partition coefficient (Wildman–Crippen LogP) is 2.66. The van der Waals surface area contributed by atoms with E-state index in [0.717, 1.165) is 11.4 Å². The molecule has 1 saturated carbocycles. The summed E-state index contributed by atoms with van der Waals surface area (Å²) < 4.78 is 34.3. The first-order valence-electron chi connectivity index (χ1n) is 9.68. The third-order valence-electron chi connectivity index (χ3n) is 4.77. The van der Waals surface area contributed by atoms with Crippen LogP contribution < -0.4 is 15.9 Å². The summed E-state index contributed by atoms with van der Waals surface area (Å²) in [5.41, 5.74) is 2.12. The lowest BCUT2D eigenvalue weighted by Crippen LogP contribution is -2.32. The van der Waals surface area contributed by atoms with Crippen molar-refractivity contribution in [3.05, 3.63) is 23.5 Å². The molecule has 0 radical (unpaired) electrons. The molecule has 0 spiro atoms. The van der Waals surface area contributed by atoms with Gasteiger partial charge in [0, 0.05) is 43.9 Å². The van der Waals surface area contributed by atoms with Gasteiger partial charge in [-0.25, -0.2) is 13.5 Å². The molecule has 9 nitrogen and oxygen atoms in total. The number of rotatable bonds is 7. The molecule has 1 aliphatic carbocycles. The number of ether oxygens (including phenoxy) is 1. The van der Waals surface area contributed by atoms with Gasteiger partial charge >= 0.3 is 0 Å². The molecule has 0 aromatic carbocycles. The first-order chi connectivity index (χ1) is 14.3. The Morgan fingerprint density at radius 2 is 2.07 bits per heavy atom. The van der Waals surface area contributed by atoms with Gasteiger partial charge in [-0.2, -0.15) is 20.2 Å². The first-order valence-corrected chi connectivity index (χ1v) is 9.68. The maximum absolute atomic E-state index is 13.5. The van der Waals surface area contributed by atoms with Gasteiger partial charge in [0.15, 0.2) is 0 Å². The van der Waals surface area contributed by atoms with Gasteiger partial charge < -0.3 is 15.9 Å². The molecule has 0 saturated heterocycles. The highest BCUT2D eigenvalue weighted by Crippen LogP contribution is 2.34. The number of hydrogen-bond donors (Lipinski definition) is 2. The standard InChI is InChI=1S/C19H26F2N8O/c1-12-8-13(2)29(28-12)18-25-16(24-14-4-6-19(20,21)7-5-14)9-17(26-18)30-11-15(27-22)10-23-3/h8-10,14H,4-7,11,22H2,1-3H3,(H,24,25,26). The van der Waals surface area contributed by atoms with Crippen LogP contribution in [0, 0.1) is 13.8 Å². The number of halogens is 2. The molecule has 1 aliphatic rings. The van der Waals surface area contributed by atoms with Crippen molar-refractivity contribution < 1.29 is 13.5 Å². The molecular weight excluding hydrogens is 394 g/mol. The minimum absolute atomic E-state index is 0.0660. The van der Waals surface area contributed by atoms with Crippen LogP contribution in [0.4, 0.5) is 14.6 Å². The molecule has 1 fully saturated rings. The van der Waals surface area contributed by atoms with Gasteiger partial charge in [-0.05, 0) is 32.8 Å². The van der Waals surface area contributed by atoms with Crippen LogP contribution in [0.5, 0.6) is 5.88 Å². The largest absolute Gasteiger partial charge is 0.471 e. The number of nitrogens with one attached hydrogen (secondary N) is 1. The van der Waals surface area contributed by atoms with Crippen LogP contribution in [0.3, 0.4) is 0 Å². The fraction of sp³-hybridized carbons (Fsp3) is 0.526. The fourth-order valence-corrected chi connectivity index (χ4v) is 3.29. The summed E-state index contributed by atoms with van der Waals surface area (Å²) in [5.74, 6) is 3.82. The molecule has 2 heterocycles. The van der Waals surface area contributed by atoms with Crippen LogP contribution in [0.25, 0.3) is 5.95 Å². The van der Waals surface area contributed by atoms with Crippen molar-refractivity contribution in [1.82, 2.24) is 19.7 Å². The fourth-order valence-electron chi connectivity index (χ4n) is 3.29. The maximum atomic E-state index is 13.5. The van der Waals surface area contributed by atoms with E-state index in [1.165, 1.54) is 6.21 Å². The highest BCUT2D eigenvalue weighted by molar-refractivity contribution is 6.31. The van der Waals surface area contributed by atoms with Crippen molar-refractivity contribution in [2.75, 3.05) is 19.0 Å². The minimum Gasteiger partial charge on any atom is -0.471 e. The van der Waals surface area contributed by atoms with Gasteiger partial charge in [-0.3, -0.25) is 4.99 Å². The minimum atomic E-state index is -2.59. The van der Waals surface area contributed by atoms with E-state index < -0.39 is 5.92 Å². The second-order valence-corrected chi connectivity index (χ2v) is 7.30. The Bertz CT molecular complexity index is 931. The van der Waals surface area contributed by atoms with Gasteiger partial charge in [0.25, 0.3) is 5.95 Å². The summed E-state index contributed by atoms with van der Waals surface area (Å²) in [6, 6.07) is 3.43. The van der Waals surface area contributed by atoms with E-state index in [2.05, 4.69) is 30.5 Å². The van der Waals surface area contributed by atoms with Crippen molar-refractivity contribution >= 4 is 17.7 Å². The number of alkyl halides is 2. The third-order valence-corrected chi connectivity index (χ3v) is 4.77. The van der Waals surface area contributed by atoms with E-state index in [-0.39, 0.29) is 31.4 Å². The monoisotopic (exact) mass is 420 g/mol. The van der Waals surface area contributed by atoms with Crippen molar-refractivity contribution in [3.63, 3.8) is 0 Å². The highest BCUT2D eigenvalue weighted by Gasteiger charge is 2.35. The highest BCUT2D eigenvalue weighted by atomic mass is 19.3. The van der Waals surface area contributed by atoms with Crippen molar-refractivity contribution in [3.8, 4) is 11.8 Å². The molecule has 3 rings (SSSR count). The molecule has 2 aromatic rings. The number of anilines is 1. The van der Waals surface area contributed by atoms with Gasteiger partial charge in [-0.15, -0.1) is 0 Å². The Morgan fingerprint density at radius 1 is 1.33 bits per heavy atom. The number of aliphatic imine (C=N–C) groups is 1. The van der Waals surface area contributed by atoms with Gasteiger partial charge in [0.2, 0.25) is 11.8 Å². The zero-order valence-corrected chi connectivity index (χ0v) is 17.3. The summed E-state index contributed by atoms with van der Waals surface area (Å²) >= 11 is 0. The summed E-state index contributed by atoms with van der Waals surface area (Å²) in [4.78, 5) is 12.8. The molecule has 162 valence electrons. The second kappa shape index (κ2) is 9.14. The Labute approximate surface area is 173 Å². The molecule has 0 atom stereocenters. The van der Waals surface area contributed by atoms with E-state index in [1.54, 1.807) is 17.8 Å². The number of nitrogens with two attached hydrogens (primary N) is 1. The molecule has 0 unspecified atom stereocenters. The molecule has 0 amide bonds. The molecule has 0 bridgehead atoms. The lowest BCUT2D eigenvalue weighted by atomic mass is 9.92. The average molecular weight is 420 g/mol. The Balaban J connectivity index is 1.85. The van der Waals surface area contributed by atoms with E-state index in [1.807, 2.05) is 19.9 Å². The van der Waals surface area contributed by atoms with E-state index >= 15 is 0 Å². The molecule has 3 N–H and O–H groups in total. The summed E-state index contributed by atoms with van der Waals surface area (Å²) in [6.45, 7) is 3.83. The second-order valence-electron chi connectivity index (χ2n) is 7.30. The summed E-state index contributed by atoms with van der Waals surface area (Å²) in [6.07, 6.45) is 1.93. The van der Waals surface area contributed by atoms with E-state index in [4.69, 9.17) is 10.6 Å². The van der Waals surface area contributed by atoms with Crippen LogP contribution in [0.1, 0.15) is 37.1 Å². The molecule has 2 aromatic heterocycles. The van der Waals surface area contributed by atoms with Gasteiger partial charge in [0.1, 0.15) is 18.1 Å². The number of aryl methyl sites for hydroxylation is 2. The molecular formula is C19H26F2N8O.